The third kappa shape index (κ3) is 4.52. The maximum Gasteiger partial charge on any atom is 0.240 e. The number of carbonyl (C=O) groups excluding carboxylic acids is 1. The Bertz CT molecular complexity index is 989. The molecule has 5 nitrogen and oxygen atoms in total. The van der Waals surface area contributed by atoms with E-state index in [0.29, 0.717) is 13.0 Å². The molecular weight excluding hydrogens is 374 g/mol. The molecule has 1 aliphatic rings. The molecule has 5 heteroatoms. The molecule has 1 aliphatic heterocycles. The van der Waals surface area contributed by atoms with Crippen LogP contribution in [0.3, 0.4) is 0 Å². The zero-order valence-electron chi connectivity index (χ0n) is 17.5. The number of methoxy groups -OCH3 is 1. The summed E-state index contributed by atoms with van der Waals surface area (Å²) in [4.78, 5) is 21.6. The van der Waals surface area contributed by atoms with E-state index in [4.69, 9.17) is 4.74 Å². The van der Waals surface area contributed by atoms with Crippen LogP contribution in [0.25, 0.3) is 11.1 Å². The first-order valence-electron chi connectivity index (χ1n) is 10.3. The molecule has 0 bridgehead atoms. The molecule has 0 spiro atoms. The number of pyridine rings is 1. The van der Waals surface area contributed by atoms with E-state index in [-0.39, 0.29) is 11.9 Å². The Morgan fingerprint density at radius 3 is 2.57 bits per heavy atom. The Kier molecular flexibility index (Phi) is 6.10. The standard InChI is InChI=1S/C25H27N3O2/c1-27-14-15-28(18-22-8-3-4-13-26-22)24(25(27)29)17-19-6-5-7-21(16-19)20-9-11-23(30-2)12-10-20/h3-13,16,24H,14-15,17-18H2,1-2H3/t24-/m1/s1. The molecule has 0 unspecified atom stereocenters. The lowest BCUT2D eigenvalue weighted by Crippen LogP contribution is -2.56. The van der Waals surface area contributed by atoms with E-state index in [0.717, 1.165) is 41.2 Å². The van der Waals surface area contributed by atoms with Crippen molar-refractivity contribution < 1.29 is 9.53 Å². The summed E-state index contributed by atoms with van der Waals surface area (Å²) in [5.41, 5.74) is 4.42. The van der Waals surface area contributed by atoms with Crippen LogP contribution >= 0.6 is 0 Å². The minimum atomic E-state index is -0.183. The number of rotatable bonds is 6. The molecule has 1 saturated heterocycles. The lowest BCUT2D eigenvalue weighted by molar-refractivity contribution is -0.140. The number of likely N-dealkylation sites (N-methyl/N-ethyl adjacent to an activating group) is 1. The maximum absolute atomic E-state index is 13.0. The minimum Gasteiger partial charge on any atom is -0.497 e. The van der Waals surface area contributed by atoms with Crippen molar-refractivity contribution in [3.05, 3.63) is 84.2 Å². The second-order valence-electron chi connectivity index (χ2n) is 7.70. The summed E-state index contributed by atoms with van der Waals surface area (Å²) < 4.78 is 5.26. The topological polar surface area (TPSA) is 45.7 Å². The Balaban J connectivity index is 1.56. The molecule has 0 saturated carbocycles. The normalized spacial score (nSPS) is 17.2. The van der Waals surface area contributed by atoms with Crippen LogP contribution in [0.5, 0.6) is 5.75 Å². The first-order valence-corrected chi connectivity index (χ1v) is 10.3. The summed E-state index contributed by atoms with van der Waals surface area (Å²) in [6, 6.07) is 22.3. The van der Waals surface area contributed by atoms with Crippen LogP contribution in [0.4, 0.5) is 0 Å². The lowest BCUT2D eigenvalue weighted by atomic mass is 9.97. The molecule has 1 fully saturated rings. The summed E-state index contributed by atoms with van der Waals surface area (Å²) >= 11 is 0. The molecule has 4 rings (SSSR count). The zero-order valence-corrected chi connectivity index (χ0v) is 17.5. The second kappa shape index (κ2) is 9.09. The van der Waals surface area contributed by atoms with Crippen LogP contribution in [0.15, 0.2) is 72.9 Å². The summed E-state index contributed by atoms with van der Waals surface area (Å²) in [7, 11) is 3.56. The highest BCUT2D eigenvalue weighted by Crippen LogP contribution is 2.25. The number of carbonyl (C=O) groups is 1. The average Bonchev–Trinajstić information content (AvgIpc) is 2.80. The van der Waals surface area contributed by atoms with Crippen molar-refractivity contribution in [1.82, 2.24) is 14.8 Å². The fraction of sp³-hybridized carbons (Fsp3) is 0.280. The van der Waals surface area contributed by atoms with Crippen molar-refractivity contribution in [3.63, 3.8) is 0 Å². The largest absolute Gasteiger partial charge is 0.497 e. The number of ether oxygens (including phenoxy) is 1. The first-order chi connectivity index (χ1) is 14.6. The molecule has 0 N–H and O–H groups in total. The summed E-state index contributed by atoms with van der Waals surface area (Å²) in [6.45, 7) is 2.28. The Labute approximate surface area is 177 Å². The van der Waals surface area contributed by atoms with Gasteiger partial charge in [0.2, 0.25) is 5.91 Å². The maximum atomic E-state index is 13.0. The molecule has 30 heavy (non-hydrogen) atoms. The van der Waals surface area contributed by atoms with Gasteiger partial charge in [0.05, 0.1) is 18.8 Å². The smallest absolute Gasteiger partial charge is 0.240 e. The van der Waals surface area contributed by atoms with Gasteiger partial charge in [0.1, 0.15) is 5.75 Å². The van der Waals surface area contributed by atoms with Crippen LogP contribution in [0, 0.1) is 0 Å². The fourth-order valence-corrected chi connectivity index (χ4v) is 3.95. The van der Waals surface area contributed by atoms with Crippen molar-refractivity contribution in [2.45, 2.75) is 19.0 Å². The Hall–Kier alpha value is -3.18. The number of piperazine rings is 1. The first kappa shape index (κ1) is 20.1. The van der Waals surface area contributed by atoms with Crippen LogP contribution in [0.2, 0.25) is 0 Å². The fourth-order valence-electron chi connectivity index (χ4n) is 3.95. The Morgan fingerprint density at radius 2 is 1.83 bits per heavy atom. The number of amides is 1. The summed E-state index contributed by atoms with van der Waals surface area (Å²) in [5.74, 6) is 1.02. The molecule has 1 amide bonds. The molecule has 2 aromatic carbocycles. The van der Waals surface area contributed by atoms with Gasteiger partial charge in [-0.15, -0.1) is 0 Å². The molecule has 3 aromatic rings. The van der Waals surface area contributed by atoms with Crippen molar-refractivity contribution >= 4 is 5.91 Å². The van der Waals surface area contributed by atoms with E-state index in [2.05, 4.69) is 46.3 Å². The zero-order chi connectivity index (χ0) is 20.9. The van der Waals surface area contributed by atoms with Gasteiger partial charge in [0, 0.05) is 32.9 Å². The predicted molar refractivity (Wildman–Crippen MR) is 118 cm³/mol. The quantitative estimate of drug-likeness (QED) is 0.633. The molecule has 154 valence electrons. The number of hydrogen-bond acceptors (Lipinski definition) is 4. The number of aromatic nitrogens is 1. The van der Waals surface area contributed by atoms with Gasteiger partial charge in [-0.1, -0.05) is 42.5 Å². The van der Waals surface area contributed by atoms with Gasteiger partial charge < -0.3 is 9.64 Å². The average molecular weight is 402 g/mol. The number of benzene rings is 2. The molecule has 2 heterocycles. The summed E-state index contributed by atoms with van der Waals surface area (Å²) in [6.07, 6.45) is 2.49. The van der Waals surface area contributed by atoms with E-state index in [1.54, 1.807) is 13.3 Å². The van der Waals surface area contributed by atoms with Gasteiger partial charge in [-0.05, 0) is 47.4 Å². The van der Waals surface area contributed by atoms with Crippen molar-refractivity contribution in [3.8, 4) is 16.9 Å². The monoisotopic (exact) mass is 401 g/mol. The van der Waals surface area contributed by atoms with E-state index in [1.165, 1.54) is 0 Å². The highest BCUT2D eigenvalue weighted by atomic mass is 16.5. The molecule has 0 radical (unpaired) electrons. The van der Waals surface area contributed by atoms with Gasteiger partial charge in [-0.3, -0.25) is 14.7 Å². The van der Waals surface area contributed by atoms with Crippen LogP contribution in [-0.2, 0) is 17.8 Å². The van der Waals surface area contributed by atoms with Gasteiger partial charge >= 0.3 is 0 Å². The lowest BCUT2D eigenvalue weighted by Gasteiger charge is -2.39. The number of hydrogen-bond donors (Lipinski definition) is 0. The third-order valence-electron chi connectivity index (χ3n) is 5.70. The van der Waals surface area contributed by atoms with Crippen LogP contribution < -0.4 is 4.74 Å². The van der Waals surface area contributed by atoms with Gasteiger partial charge in [-0.2, -0.15) is 0 Å². The SMILES string of the molecule is COc1ccc(-c2cccc(C[C@@H]3C(=O)N(C)CCN3Cc3ccccn3)c2)cc1. The summed E-state index contributed by atoms with van der Waals surface area (Å²) in [5, 5.41) is 0. The molecule has 0 aliphatic carbocycles. The van der Waals surface area contributed by atoms with Crippen molar-refractivity contribution in [1.29, 1.82) is 0 Å². The van der Waals surface area contributed by atoms with E-state index < -0.39 is 0 Å². The van der Waals surface area contributed by atoms with Crippen LogP contribution in [0.1, 0.15) is 11.3 Å². The number of nitrogens with zero attached hydrogens (tertiary/aromatic N) is 3. The minimum absolute atomic E-state index is 0.173. The van der Waals surface area contributed by atoms with Crippen molar-refractivity contribution in [2.75, 3.05) is 27.2 Å². The van der Waals surface area contributed by atoms with Gasteiger partial charge in [-0.25, -0.2) is 0 Å². The van der Waals surface area contributed by atoms with Crippen molar-refractivity contribution in [2.24, 2.45) is 0 Å². The highest BCUT2D eigenvalue weighted by Gasteiger charge is 2.33. The highest BCUT2D eigenvalue weighted by molar-refractivity contribution is 5.83. The van der Waals surface area contributed by atoms with E-state index >= 15 is 0 Å². The van der Waals surface area contributed by atoms with E-state index in [9.17, 15) is 4.79 Å². The van der Waals surface area contributed by atoms with Crippen LogP contribution in [-0.4, -0.2) is 54.0 Å². The third-order valence-corrected chi connectivity index (χ3v) is 5.70. The predicted octanol–water partition coefficient (Wildman–Crippen LogP) is 3.64. The molecule has 1 aromatic heterocycles. The van der Waals surface area contributed by atoms with E-state index in [1.807, 2.05) is 42.3 Å². The molecule has 1 atom stereocenters. The Morgan fingerprint density at radius 1 is 1.00 bits per heavy atom. The molecular formula is C25H27N3O2. The van der Waals surface area contributed by atoms with Gasteiger partial charge in [0.15, 0.2) is 0 Å². The van der Waals surface area contributed by atoms with Gasteiger partial charge in [0.25, 0.3) is 0 Å². The second-order valence-corrected chi connectivity index (χ2v) is 7.70.